The molecule has 2 aromatic rings. The molecule has 0 aliphatic rings. The number of hydrogen-bond donors (Lipinski definition) is 1. The van der Waals surface area contributed by atoms with Gasteiger partial charge in [-0.1, -0.05) is 0 Å². The van der Waals surface area contributed by atoms with Gasteiger partial charge in [0.1, 0.15) is 21.7 Å². The third-order valence-corrected chi connectivity index (χ3v) is 3.57. The molecule has 20 heavy (non-hydrogen) atoms. The van der Waals surface area contributed by atoms with Crippen LogP contribution in [0, 0.1) is 0 Å². The van der Waals surface area contributed by atoms with E-state index in [1.165, 1.54) is 7.11 Å². The largest absolute Gasteiger partial charge is 0.495 e. The van der Waals surface area contributed by atoms with E-state index < -0.39 is 0 Å². The van der Waals surface area contributed by atoms with Gasteiger partial charge in [-0.25, -0.2) is 0 Å². The first-order valence-corrected chi connectivity index (χ1v) is 6.65. The number of ketones is 1. The second-order valence-corrected chi connectivity index (χ2v) is 4.75. The number of nitrogens with two attached hydrogens (primary N) is 1. The Morgan fingerprint density at radius 1 is 1.25 bits per heavy atom. The second kappa shape index (κ2) is 6.11. The van der Waals surface area contributed by atoms with Crippen LogP contribution in [0.5, 0.6) is 11.5 Å². The Labute approximate surface area is 124 Å². The van der Waals surface area contributed by atoms with Gasteiger partial charge in [-0.2, -0.15) is 0 Å². The fourth-order valence-electron chi connectivity index (χ4n) is 1.82. The molecule has 0 aliphatic carbocycles. The molecule has 1 aromatic heterocycles. The Bertz CT molecular complexity index is 636. The van der Waals surface area contributed by atoms with Gasteiger partial charge in [0.05, 0.1) is 26.3 Å². The standard InChI is InChI=1S/C14H14BrNO4/c1-18-10-6-4-9(14(19-2)12(10)15)13(17)11-5-3-8(7-16)20-11/h3-6H,7,16H2,1-2H3. The molecular formula is C14H14BrNO4. The minimum absolute atomic E-state index is 0.223. The van der Waals surface area contributed by atoms with Gasteiger partial charge >= 0.3 is 0 Å². The second-order valence-electron chi connectivity index (χ2n) is 3.96. The summed E-state index contributed by atoms with van der Waals surface area (Å²) in [7, 11) is 3.03. The Morgan fingerprint density at radius 3 is 2.55 bits per heavy atom. The lowest BCUT2D eigenvalue weighted by molar-refractivity contribution is 0.100. The van der Waals surface area contributed by atoms with E-state index in [1.807, 2.05) is 0 Å². The Kier molecular flexibility index (Phi) is 4.46. The third kappa shape index (κ3) is 2.57. The van der Waals surface area contributed by atoms with E-state index >= 15 is 0 Å². The monoisotopic (exact) mass is 339 g/mol. The zero-order chi connectivity index (χ0) is 14.7. The van der Waals surface area contributed by atoms with Crippen LogP contribution in [0.2, 0.25) is 0 Å². The van der Waals surface area contributed by atoms with Gasteiger partial charge in [-0.3, -0.25) is 4.79 Å². The van der Waals surface area contributed by atoms with E-state index in [1.54, 1.807) is 31.4 Å². The summed E-state index contributed by atoms with van der Waals surface area (Å²) in [5.41, 5.74) is 5.85. The maximum atomic E-state index is 12.4. The van der Waals surface area contributed by atoms with E-state index in [9.17, 15) is 4.79 Å². The predicted octanol–water partition coefficient (Wildman–Crippen LogP) is 2.75. The summed E-state index contributed by atoms with van der Waals surface area (Å²) in [5, 5.41) is 0. The summed E-state index contributed by atoms with van der Waals surface area (Å²) in [4.78, 5) is 12.4. The third-order valence-electron chi connectivity index (χ3n) is 2.82. The van der Waals surface area contributed by atoms with E-state index in [-0.39, 0.29) is 18.1 Å². The summed E-state index contributed by atoms with van der Waals surface area (Å²) in [5.74, 6) is 1.49. The van der Waals surface area contributed by atoms with Crippen molar-refractivity contribution < 1.29 is 18.7 Å². The van der Waals surface area contributed by atoms with Crippen molar-refractivity contribution in [2.75, 3.05) is 14.2 Å². The maximum Gasteiger partial charge on any atom is 0.231 e. The van der Waals surface area contributed by atoms with Crippen molar-refractivity contribution in [3.63, 3.8) is 0 Å². The number of hydrogen-bond acceptors (Lipinski definition) is 5. The number of halogens is 1. The molecule has 6 heteroatoms. The normalized spacial score (nSPS) is 10.4. The average molecular weight is 340 g/mol. The zero-order valence-electron chi connectivity index (χ0n) is 11.1. The van der Waals surface area contributed by atoms with Crippen LogP contribution in [0.3, 0.4) is 0 Å². The van der Waals surface area contributed by atoms with Gasteiger partial charge in [0.25, 0.3) is 0 Å². The van der Waals surface area contributed by atoms with Gasteiger partial charge in [0.15, 0.2) is 5.76 Å². The summed E-state index contributed by atoms with van der Waals surface area (Å²) in [6.07, 6.45) is 0. The quantitative estimate of drug-likeness (QED) is 0.847. The highest BCUT2D eigenvalue weighted by molar-refractivity contribution is 9.10. The highest BCUT2D eigenvalue weighted by Crippen LogP contribution is 2.38. The molecule has 0 amide bonds. The number of ether oxygens (including phenoxy) is 2. The molecule has 0 aliphatic heterocycles. The molecule has 0 radical (unpaired) electrons. The molecule has 0 bridgehead atoms. The van der Waals surface area contributed by atoms with Crippen LogP contribution in [-0.4, -0.2) is 20.0 Å². The molecule has 2 rings (SSSR count). The molecule has 5 nitrogen and oxygen atoms in total. The predicted molar refractivity (Wildman–Crippen MR) is 77.3 cm³/mol. The van der Waals surface area contributed by atoms with Crippen LogP contribution < -0.4 is 15.2 Å². The molecule has 0 saturated heterocycles. The zero-order valence-corrected chi connectivity index (χ0v) is 12.7. The molecular weight excluding hydrogens is 326 g/mol. The average Bonchev–Trinajstić information content (AvgIpc) is 2.95. The lowest BCUT2D eigenvalue weighted by Gasteiger charge is -2.11. The molecule has 1 aromatic carbocycles. The summed E-state index contributed by atoms with van der Waals surface area (Å²) >= 11 is 3.36. The van der Waals surface area contributed by atoms with Gasteiger partial charge in [-0.05, 0) is 40.2 Å². The molecule has 0 unspecified atom stereocenters. The van der Waals surface area contributed by atoms with Gasteiger partial charge in [0, 0.05) is 0 Å². The minimum Gasteiger partial charge on any atom is -0.495 e. The van der Waals surface area contributed by atoms with Gasteiger partial charge in [-0.15, -0.1) is 0 Å². The topological polar surface area (TPSA) is 74.7 Å². The fraction of sp³-hybridized carbons (Fsp3) is 0.214. The van der Waals surface area contributed by atoms with Crippen LogP contribution in [0.25, 0.3) is 0 Å². The summed E-state index contributed by atoms with van der Waals surface area (Å²) in [6.45, 7) is 0.247. The highest BCUT2D eigenvalue weighted by Gasteiger charge is 2.21. The van der Waals surface area contributed by atoms with E-state index in [0.717, 1.165) is 0 Å². The Hall–Kier alpha value is -1.79. The van der Waals surface area contributed by atoms with Crippen LogP contribution in [0.1, 0.15) is 21.9 Å². The number of furan rings is 1. The van der Waals surface area contributed by atoms with Crippen LogP contribution in [-0.2, 0) is 6.54 Å². The molecule has 0 fully saturated rings. The minimum atomic E-state index is -0.273. The van der Waals surface area contributed by atoms with Crippen molar-refractivity contribution in [1.82, 2.24) is 0 Å². The molecule has 0 atom stereocenters. The number of rotatable bonds is 5. The molecule has 2 N–H and O–H groups in total. The highest BCUT2D eigenvalue weighted by atomic mass is 79.9. The van der Waals surface area contributed by atoms with Crippen molar-refractivity contribution in [1.29, 1.82) is 0 Å². The number of carbonyl (C=O) groups excluding carboxylic acids is 1. The van der Waals surface area contributed by atoms with Crippen molar-refractivity contribution in [3.05, 3.63) is 45.8 Å². The van der Waals surface area contributed by atoms with Crippen molar-refractivity contribution in [2.24, 2.45) is 5.73 Å². The van der Waals surface area contributed by atoms with E-state index in [4.69, 9.17) is 19.6 Å². The number of benzene rings is 1. The molecule has 0 saturated carbocycles. The van der Waals surface area contributed by atoms with Crippen molar-refractivity contribution in [3.8, 4) is 11.5 Å². The number of carbonyl (C=O) groups is 1. The summed E-state index contributed by atoms with van der Waals surface area (Å²) < 4.78 is 16.4. The van der Waals surface area contributed by atoms with Crippen LogP contribution in [0.15, 0.2) is 33.2 Å². The van der Waals surface area contributed by atoms with E-state index in [2.05, 4.69) is 15.9 Å². The van der Waals surface area contributed by atoms with Crippen molar-refractivity contribution >= 4 is 21.7 Å². The lowest BCUT2D eigenvalue weighted by Crippen LogP contribution is -2.04. The fourth-order valence-corrected chi connectivity index (χ4v) is 2.49. The van der Waals surface area contributed by atoms with Gasteiger partial charge < -0.3 is 19.6 Å². The smallest absolute Gasteiger partial charge is 0.231 e. The number of methoxy groups -OCH3 is 2. The first-order chi connectivity index (χ1) is 9.62. The van der Waals surface area contributed by atoms with Crippen LogP contribution >= 0.6 is 15.9 Å². The molecule has 1 heterocycles. The van der Waals surface area contributed by atoms with Crippen LogP contribution in [0.4, 0.5) is 0 Å². The first kappa shape index (κ1) is 14.6. The van der Waals surface area contributed by atoms with Gasteiger partial charge in [0.2, 0.25) is 5.78 Å². The first-order valence-electron chi connectivity index (χ1n) is 5.86. The molecule has 106 valence electrons. The van der Waals surface area contributed by atoms with Crippen molar-refractivity contribution in [2.45, 2.75) is 6.54 Å². The molecule has 0 spiro atoms. The SMILES string of the molecule is COc1ccc(C(=O)c2ccc(CN)o2)c(OC)c1Br. The maximum absolute atomic E-state index is 12.4. The Balaban J connectivity index is 2.46. The lowest BCUT2D eigenvalue weighted by atomic mass is 10.1. The Morgan fingerprint density at radius 2 is 2.00 bits per heavy atom. The van der Waals surface area contributed by atoms with E-state index in [0.29, 0.717) is 27.3 Å². The summed E-state index contributed by atoms with van der Waals surface area (Å²) in [6, 6.07) is 6.60.